The molecule has 0 unspecified atom stereocenters. The Bertz CT molecular complexity index is 1120. The number of carbonyl (C=O) groups excluding carboxylic acids is 1. The predicted octanol–water partition coefficient (Wildman–Crippen LogP) is 5.08. The number of benzene rings is 3. The van der Waals surface area contributed by atoms with E-state index in [0.29, 0.717) is 23.2 Å². The van der Waals surface area contributed by atoms with E-state index in [0.717, 1.165) is 26.4 Å². The molecule has 1 saturated heterocycles. The van der Waals surface area contributed by atoms with Crippen molar-refractivity contribution in [2.75, 3.05) is 12.9 Å². The summed E-state index contributed by atoms with van der Waals surface area (Å²) in [5.41, 5.74) is 1.89. The van der Waals surface area contributed by atoms with Gasteiger partial charge in [-0.15, -0.1) is 5.10 Å². The number of thioether (sulfide) groups is 1. The molecule has 0 saturated carbocycles. The van der Waals surface area contributed by atoms with Crippen molar-refractivity contribution in [3.63, 3.8) is 0 Å². The van der Waals surface area contributed by atoms with Crippen LogP contribution in [-0.2, 0) is 11.3 Å². The molecule has 5 nitrogen and oxygen atoms in total. The quantitative estimate of drug-likeness (QED) is 0.388. The van der Waals surface area contributed by atoms with Crippen LogP contribution >= 0.6 is 27.7 Å². The number of amidine groups is 1. The Kier molecular flexibility index (Phi) is 5.97. The van der Waals surface area contributed by atoms with E-state index in [1.54, 1.807) is 18.2 Å². The average molecular weight is 468 g/mol. The number of rotatable bonds is 5. The second-order valence-electron chi connectivity index (χ2n) is 6.42. The summed E-state index contributed by atoms with van der Waals surface area (Å²) in [5, 5.41) is 11.4. The zero-order chi connectivity index (χ0) is 20.2. The Labute approximate surface area is 181 Å². The molecule has 3 aromatic carbocycles. The fourth-order valence-corrected chi connectivity index (χ4v) is 4.39. The molecule has 0 atom stereocenters. The fraction of sp³-hybridized carbons (Fsp3) is 0.136. The Morgan fingerprint density at radius 1 is 1.17 bits per heavy atom. The number of ether oxygens (including phenoxy) is 1. The summed E-state index contributed by atoms with van der Waals surface area (Å²) in [6, 6.07) is 20.0. The molecule has 0 N–H and O–H groups in total. The molecule has 3 aromatic rings. The minimum Gasteiger partial charge on any atom is -0.496 e. The maximum atomic E-state index is 12.4. The second-order valence-corrected chi connectivity index (χ2v) is 8.28. The number of halogens is 1. The molecule has 1 aliphatic rings. The first kappa shape index (κ1) is 19.7. The Morgan fingerprint density at radius 3 is 2.86 bits per heavy atom. The molecule has 1 amide bonds. The van der Waals surface area contributed by atoms with Crippen molar-refractivity contribution in [1.82, 2.24) is 4.90 Å². The van der Waals surface area contributed by atoms with E-state index in [4.69, 9.17) is 4.74 Å². The molecule has 0 spiro atoms. The molecule has 1 heterocycles. The number of hydrogen-bond donors (Lipinski definition) is 0. The van der Waals surface area contributed by atoms with Gasteiger partial charge in [-0.2, -0.15) is 5.10 Å². The minimum atomic E-state index is 0.0388. The minimum absolute atomic E-state index is 0.0388. The molecule has 4 rings (SSSR count). The topological polar surface area (TPSA) is 54.3 Å². The van der Waals surface area contributed by atoms with Gasteiger partial charge in [0.1, 0.15) is 5.75 Å². The predicted molar refractivity (Wildman–Crippen MR) is 123 cm³/mol. The highest BCUT2D eigenvalue weighted by Crippen LogP contribution is 2.26. The normalized spacial score (nSPS) is 15.7. The van der Waals surface area contributed by atoms with Gasteiger partial charge in [0.2, 0.25) is 5.91 Å². The Morgan fingerprint density at radius 2 is 2.00 bits per heavy atom. The zero-order valence-corrected chi connectivity index (χ0v) is 18.1. The van der Waals surface area contributed by atoms with Crippen LogP contribution in [0.3, 0.4) is 0 Å². The van der Waals surface area contributed by atoms with Crippen molar-refractivity contribution >= 4 is 55.8 Å². The number of methoxy groups -OCH3 is 1. The molecule has 7 heteroatoms. The van der Waals surface area contributed by atoms with Gasteiger partial charge in [0.05, 0.1) is 25.6 Å². The molecule has 0 radical (unpaired) electrons. The van der Waals surface area contributed by atoms with Gasteiger partial charge in [-0.3, -0.25) is 9.69 Å². The molecule has 1 fully saturated rings. The second kappa shape index (κ2) is 8.80. The van der Waals surface area contributed by atoms with E-state index in [-0.39, 0.29) is 5.91 Å². The van der Waals surface area contributed by atoms with Crippen molar-refractivity contribution in [1.29, 1.82) is 0 Å². The molecular formula is C22H18BrN3O2S. The van der Waals surface area contributed by atoms with Crippen molar-refractivity contribution in [2.45, 2.75) is 6.54 Å². The van der Waals surface area contributed by atoms with Crippen LogP contribution in [0.25, 0.3) is 10.8 Å². The SMILES string of the molecule is COc1ccc(Br)cc1/C=N/N=C1/SCC(=O)N1Cc1cccc2ccccc12. The van der Waals surface area contributed by atoms with E-state index >= 15 is 0 Å². The van der Waals surface area contributed by atoms with Crippen molar-refractivity contribution < 1.29 is 9.53 Å². The van der Waals surface area contributed by atoms with Gasteiger partial charge in [-0.1, -0.05) is 70.2 Å². The summed E-state index contributed by atoms with van der Waals surface area (Å²) in [6.07, 6.45) is 1.63. The van der Waals surface area contributed by atoms with Gasteiger partial charge in [-0.25, -0.2) is 0 Å². The molecule has 0 bridgehead atoms. The van der Waals surface area contributed by atoms with E-state index in [1.807, 2.05) is 42.5 Å². The molecular weight excluding hydrogens is 450 g/mol. The lowest BCUT2D eigenvalue weighted by molar-refractivity contribution is -0.124. The van der Waals surface area contributed by atoms with Crippen LogP contribution in [0, 0.1) is 0 Å². The number of carbonyl (C=O) groups is 1. The third kappa shape index (κ3) is 4.36. The lowest BCUT2D eigenvalue weighted by Gasteiger charge is -2.16. The lowest BCUT2D eigenvalue weighted by Crippen LogP contribution is -2.28. The van der Waals surface area contributed by atoms with Crippen molar-refractivity contribution in [3.05, 3.63) is 76.3 Å². The first-order chi connectivity index (χ1) is 14.2. The van der Waals surface area contributed by atoms with Crippen LogP contribution in [-0.4, -0.2) is 35.1 Å². The largest absolute Gasteiger partial charge is 0.496 e. The maximum Gasteiger partial charge on any atom is 0.239 e. The molecule has 29 heavy (non-hydrogen) atoms. The van der Waals surface area contributed by atoms with E-state index in [2.05, 4.69) is 44.3 Å². The van der Waals surface area contributed by atoms with Crippen LogP contribution in [0.15, 0.2) is 75.3 Å². The van der Waals surface area contributed by atoms with Crippen molar-refractivity contribution in [2.24, 2.45) is 10.2 Å². The number of hydrogen-bond acceptors (Lipinski definition) is 5. The Hall–Kier alpha value is -2.64. The van der Waals surface area contributed by atoms with Gasteiger partial charge < -0.3 is 4.74 Å². The molecule has 1 aliphatic heterocycles. The Balaban J connectivity index is 1.59. The van der Waals surface area contributed by atoms with E-state index in [9.17, 15) is 4.79 Å². The third-order valence-electron chi connectivity index (χ3n) is 4.60. The van der Waals surface area contributed by atoms with Crippen molar-refractivity contribution in [3.8, 4) is 5.75 Å². The summed E-state index contributed by atoms with van der Waals surface area (Å²) in [4.78, 5) is 14.1. The molecule has 146 valence electrons. The summed E-state index contributed by atoms with van der Waals surface area (Å²) in [7, 11) is 1.61. The number of amides is 1. The van der Waals surface area contributed by atoms with E-state index < -0.39 is 0 Å². The highest BCUT2D eigenvalue weighted by atomic mass is 79.9. The van der Waals surface area contributed by atoms with Crippen LogP contribution in [0.2, 0.25) is 0 Å². The average Bonchev–Trinajstić information content (AvgIpc) is 3.08. The van der Waals surface area contributed by atoms with E-state index in [1.165, 1.54) is 11.8 Å². The maximum absolute atomic E-state index is 12.4. The first-order valence-electron chi connectivity index (χ1n) is 9.00. The van der Waals surface area contributed by atoms with Gasteiger partial charge in [0, 0.05) is 10.0 Å². The fourth-order valence-electron chi connectivity index (χ4n) is 3.17. The zero-order valence-electron chi connectivity index (χ0n) is 15.7. The van der Waals surface area contributed by atoms with Gasteiger partial charge in [0.15, 0.2) is 5.17 Å². The van der Waals surface area contributed by atoms with Gasteiger partial charge >= 0.3 is 0 Å². The van der Waals surface area contributed by atoms with Crippen LogP contribution < -0.4 is 4.74 Å². The summed E-state index contributed by atoms with van der Waals surface area (Å²) >= 11 is 4.85. The van der Waals surface area contributed by atoms with Crippen LogP contribution in [0.1, 0.15) is 11.1 Å². The lowest BCUT2D eigenvalue weighted by atomic mass is 10.0. The van der Waals surface area contributed by atoms with Crippen LogP contribution in [0.4, 0.5) is 0 Å². The number of fused-ring (bicyclic) bond motifs is 1. The monoisotopic (exact) mass is 467 g/mol. The highest BCUT2D eigenvalue weighted by molar-refractivity contribution is 9.10. The van der Waals surface area contributed by atoms with Crippen LogP contribution in [0.5, 0.6) is 5.75 Å². The standard InChI is InChI=1S/C22H18BrN3O2S/c1-28-20-10-9-18(23)11-17(20)12-24-25-22-26(21(27)14-29-22)13-16-7-4-6-15-5-2-3-8-19(15)16/h2-12H,13-14H2,1H3/b24-12+,25-22+. The number of nitrogens with zero attached hydrogens (tertiary/aromatic N) is 3. The van der Waals surface area contributed by atoms with Gasteiger partial charge in [-0.05, 0) is 34.5 Å². The summed E-state index contributed by atoms with van der Waals surface area (Å²) in [5.74, 6) is 1.12. The van der Waals surface area contributed by atoms with Gasteiger partial charge in [0.25, 0.3) is 0 Å². The molecule has 0 aliphatic carbocycles. The summed E-state index contributed by atoms with van der Waals surface area (Å²) in [6.45, 7) is 0.474. The molecule has 0 aromatic heterocycles. The third-order valence-corrected chi connectivity index (χ3v) is 6.04. The summed E-state index contributed by atoms with van der Waals surface area (Å²) < 4.78 is 6.28. The smallest absolute Gasteiger partial charge is 0.239 e. The first-order valence-corrected chi connectivity index (χ1v) is 10.8. The highest BCUT2D eigenvalue weighted by Gasteiger charge is 2.28.